The number of hydrogen-bond donors (Lipinski definition) is 2. The summed E-state index contributed by atoms with van der Waals surface area (Å²) in [5.74, 6) is 0.920. The maximum absolute atomic E-state index is 12.1. The second-order valence-electron chi connectivity index (χ2n) is 6.58. The standard InChI is InChI=1S/C18H28N4O/c1-5-20-16(23)18(2,3)13-21-17(19-4)22-11-10-14-8-6-7-9-15(14)12-22/h6-9H,5,10-13H2,1-4H3,(H,19,21)(H,20,23). The number of nitrogens with one attached hydrogen (secondary N) is 2. The zero-order valence-electron chi connectivity index (χ0n) is 14.6. The zero-order chi connectivity index (χ0) is 16.9. The zero-order valence-corrected chi connectivity index (χ0v) is 14.6. The van der Waals surface area contributed by atoms with Crippen LogP contribution in [0.2, 0.25) is 0 Å². The van der Waals surface area contributed by atoms with E-state index in [9.17, 15) is 4.79 Å². The van der Waals surface area contributed by atoms with E-state index in [0.29, 0.717) is 13.1 Å². The molecular formula is C18H28N4O. The lowest BCUT2D eigenvalue weighted by molar-refractivity contribution is -0.128. The van der Waals surface area contributed by atoms with E-state index in [-0.39, 0.29) is 5.91 Å². The summed E-state index contributed by atoms with van der Waals surface area (Å²) in [6.07, 6.45) is 1.02. The van der Waals surface area contributed by atoms with Gasteiger partial charge in [-0.3, -0.25) is 9.79 Å². The summed E-state index contributed by atoms with van der Waals surface area (Å²) in [5, 5.41) is 6.25. The molecule has 0 spiro atoms. The Balaban J connectivity index is 1.98. The minimum atomic E-state index is -0.473. The van der Waals surface area contributed by atoms with E-state index in [2.05, 4.69) is 44.8 Å². The summed E-state index contributed by atoms with van der Waals surface area (Å²) in [5.41, 5.74) is 2.30. The van der Waals surface area contributed by atoms with Gasteiger partial charge in [0.15, 0.2) is 5.96 Å². The monoisotopic (exact) mass is 316 g/mol. The number of fused-ring (bicyclic) bond motifs is 1. The minimum absolute atomic E-state index is 0.0620. The number of hydrogen-bond acceptors (Lipinski definition) is 2. The van der Waals surface area contributed by atoms with Crippen LogP contribution in [0.3, 0.4) is 0 Å². The van der Waals surface area contributed by atoms with Crippen molar-refractivity contribution in [2.75, 3.05) is 26.7 Å². The van der Waals surface area contributed by atoms with Gasteiger partial charge >= 0.3 is 0 Å². The number of guanidine groups is 1. The molecule has 126 valence electrons. The van der Waals surface area contributed by atoms with Crippen molar-refractivity contribution in [3.05, 3.63) is 35.4 Å². The molecule has 5 nitrogen and oxygen atoms in total. The summed E-state index contributed by atoms with van der Waals surface area (Å²) >= 11 is 0. The summed E-state index contributed by atoms with van der Waals surface area (Å²) in [7, 11) is 1.79. The molecule has 1 aromatic carbocycles. The first-order valence-corrected chi connectivity index (χ1v) is 8.28. The summed E-state index contributed by atoms with van der Waals surface area (Å²) in [4.78, 5) is 18.7. The van der Waals surface area contributed by atoms with Gasteiger partial charge in [-0.25, -0.2) is 0 Å². The van der Waals surface area contributed by atoms with E-state index in [1.807, 2.05) is 20.8 Å². The maximum atomic E-state index is 12.1. The van der Waals surface area contributed by atoms with Crippen molar-refractivity contribution >= 4 is 11.9 Å². The lowest BCUT2D eigenvalue weighted by Crippen LogP contribution is -2.50. The number of amides is 1. The Morgan fingerprint density at radius 1 is 1.26 bits per heavy atom. The van der Waals surface area contributed by atoms with Crippen molar-refractivity contribution in [3.8, 4) is 0 Å². The minimum Gasteiger partial charge on any atom is -0.356 e. The fourth-order valence-electron chi connectivity index (χ4n) is 2.79. The van der Waals surface area contributed by atoms with Gasteiger partial charge in [-0.15, -0.1) is 0 Å². The number of aliphatic imine (C=N–C) groups is 1. The SMILES string of the molecule is CCNC(=O)C(C)(C)CNC(=NC)N1CCc2ccccc2C1. The van der Waals surface area contributed by atoms with Crippen molar-refractivity contribution in [2.45, 2.75) is 33.7 Å². The van der Waals surface area contributed by atoms with Crippen molar-refractivity contribution in [1.82, 2.24) is 15.5 Å². The number of carbonyl (C=O) groups excluding carboxylic acids is 1. The first-order valence-electron chi connectivity index (χ1n) is 8.28. The van der Waals surface area contributed by atoms with E-state index in [1.165, 1.54) is 11.1 Å². The highest BCUT2D eigenvalue weighted by Gasteiger charge is 2.28. The van der Waals surface area contributed by atoms with Gasteiger partial charge in [-0.05, 0) is 38.3 Å². The Morgan fingerprint density at radius 2 is 1.96 bits per heavy atom. The molecule has 5 heteroatoms. The molecule has 0 radical (unpaired) electrons. The molecule has 0 aliphatic carbocycles. The van der Waals surface area contributed by atoms with Crippen LogP contribution >= 0.6 is 0 Å². The highest BCUT2D eigenvalue weighted by molar-refractivity contribution is 5.84. The predicted octanol–water partition coefficient (Wildman–Crippen LogP) is 1.78. The van der Waals surface area contributed by atoms with E-state index in [4.69, 9.17) is 0 Å². The van der Waals surface area contributed by atoms with Crippen LogP contribution in [0, 0.1) is 5.41 Å². The number of rotatable bonds is 4. The average Bonchev–Trinajstić information content (AvgIpc) is 2.55. The fraction of sp³-hybridized carbons (Fsp3) is 0.556. The van der Waals surface area contributed by atoms with E-state index >= 15 is 0 Å². The second kappa shape index (κ2) is 7.49. The van der Waals surface area contributed by atoms with E-state index in [1.54, 1.807) is 7.05 Å². The molecule has 0 atom stereocenters. The molecule has 0 saturated heterocycles. The topological polar surface area (TPSA) is 56.7 Å². The Bertz CT molecular complexity index is 580. The summed E-state index contributed by atoms with van der Waals surface area (Å²) in [6, 6.07) is 8.54. The molecule has 0 unspecified atom stereocenters. The first-order chi connectivity index (χ1) is 11.0. The van der Waals surface area contributed by atoms with Gasteiger partial charge in [-0.2, -0.15) is 0 Å². The van der Waals surface area contributed by atoms with Crippen LogP contribution in [0.25, 0.3) is 0 Å². The second-order valence-corrected chi connectivity index (χ2v) is 6.58. The van der Waals surface area contributed by atoms with Gasteiger partial charge in [-0.1, -0.05) is 24.3 Å². The predicted molar refractivity (Wildman–Crippen MR) is 94.4 cm³/mol. The molecule has 0 bridgehead atoms. The molecule has 0 fully saturated rings. The van der Waals surface area contributed by atoms with Crippen LogP contribution in [0.15, 0.2) is 29.3 Å². The van der Waals surface area contributed by atoms with Crippen molar-refractivity contribution < 1.29 is 4.79 Å². The maximum Gasteiger partial charge on any atom is 0.227 e. The number of carbonyl (C=O) groups is 1. The molecule has 23 heavy (non-hydrogen) atoms. The molecular weight excluding hydrogens is 288 g/mol. The van der Waals surface area contributed by atoms with Gasteiger partial charge in [0.25, 0.3) is 0 Å². The van der Waals surface area contributed by atoms with Crippen LogP contribution in [0.1, 0.15) is 31.9 Å². The highest BCUT2D eigenvalue weighted by atomic mass is 16.2. The van der Waals surface area contributed by atoms with Crippen LogP contribution in [-0.2, 0) is 17.8 Å². The molecule has 1 amide bonds. The average molecular weight is 316 g/mol. The van der Waals surface area contributed by atoms with Crippen molar-refractivity contribution in [3.63, 3.8) is 0 Å². The Labute approximate surface area is 139 Å². The van der Waals surface area contributed by atoms with Crippen LogP contribution in [0.4, 0.5) is 0 Å². The van der Waals surface area contributed by atoms with Crippen LogP contribution in [-0.4, -0.2) is 43.4 Å². The molecule has 1 heterocycles. The smallest absolute Gasteiger partial charge is 0.227 e. The fourth-order valence-corrected chi connectivity index (χ4v) is 2.79. The van der Waals surface area contributed by atoms with Gasteiger partial charge in [0.2, 0.25) is 5.91 Å². The normalized spacial score (nSPS) is 15.1. The molecule has 1 aliphatic rings. The third kappa shape index (κ3) is 4.24. The Kier molecular flexibility index (Phi) is 5.64. The third-order valence-electron chi connectivity index (χ3n) is 4.28. The largest absolute Gasteiger partial charge is 0.356 e. The number of benzene rings is 1. The lowest BCUT2D eigenvalue weighted by atomic mass is 9.92. The molecule has 2 N–H and O–H groups in total. The van der Waals surface area contributed by atoms with E-state index < -0.39 is 5.41 Å². The van der Waals surface area contributed by atoms with Crippen molar-refractivity contribution in [2.24, 2.45) is 10.4 Å². The van der Waals surface area contributed by atoms with Gasteiger partial charge in [0.05, 0.1) is 5.41 Å². The Morgan fingerprint density at radius 3 is 2.61 bits per heavy atom. The van der Waals surface area contributed by atoms with Crippen LogP contribution < -0.4 is 10.6 Å². The van der Waals surface area contributed by atoms with Gasteiger partial charge in [0, 0.05) is 33.2 Å². The lowest BCUT2D eigenvalue weighted by Gasteiger charge is -2.33. The molecule has 0 saturated carbocycles. The van der Waals surface area contributed by atoms with E-state index in [0.717, 1.165) is 25.5 Å². The first kappa shape index (κ1) is 17.3. The Hall–Kier alpha value is -2.04. The van der Waals surface area contributed by atoms with Crippen LogP contribution in [0.5, 0.6) is 0 Å². The molecule has 2 rings (SSSR count). The van der Waals surface area contributed by atoms with Crippen molar-refractivity contribution in [1.29, 1.82) is 0 Å². The van der Waals surface area contributed by atoms with Gasteiger partial charge < -0.3 is 15.5 Å². The third-order valence-corrected chi connectivity index (χ3v) is 4.28. The highest BCUT2D eigenvalue weighted by Crippen LogP contribution is 2.19. The molecule has 0 aromatic heterocycles. The molecule has 1 aliphatic heterocycles. The molecule has 1 aromatic rings. The summed E-state index contributed by atoms with van der Waals surface area (Å²) in [6.45, 7) is 8.85. The summed E-state index contributed by atoms with van der Waals surface area (Å²) < 4.78 is 0. The quantitative estimate of drug-likeness (QED) is 0.658. The number of nitrogens with zero attached hydrogens (tertiary/aromatic N) is 2. The van der Waals surface area contributed by atoms with Gasteiger partial charge in [0.1, 0.15) is 0 Å².